The maximum Gasteiger partial charge on any atom is 0.347 e. The van der Waals surface area contributed by atoms with Crippen molar-refractivity contribution >= 4 is 11.7 Å². The molecule has 0 unspecified atom stereocenters. The minimum absolute atomic E-state index is 0.0945. The summed E-state index contributed by atoms with van der Waals surface area (Å²) in [6.07, 6.45) is 1.35. The highest BCUT2D eigenvalue weighted by molar-refractivity contribution is 5.89. The van der Waals surface area contributed by atoms with E-state index < -0.39 is 6.03 Å². The third-order valence-electron chi connectivity index (χ3n) is 2.13. The first-order valence-electron chi connectivity index (χ1n) is 5.13. The van der Waals surface area contributed by atoms with Gasteiger partial charge in [0.15, 0.2) is 5.49 Å². The van der Waals surface area contributed by atoms with E-state index in [-0.39, 0.29) is 11.3 Å². The van der Waals surface area contributed by atoms with E-state index in [2.05, 4.69) is 10.3 Å². The third-order valence-corrected chi connectivity index (χ3v) is 2.13. The summed E-state index contributed by atoms with van der Waals surface area (Å²) in [7, 11) is 0. The van der Waals surface area contributed by atoms with E-state index >= 15 is 0 Å². The van der Waals surface area contributed by atoms with Crippen LogP contribution in [0.4, 0.5) is 14.9 Å². The number of hydrogen-bond donors (Lipinski definition) is 2. The predicted molar refractivity (Wildman–Crippen MR) is 62.6 cm³/mol. The highest BCUT2D eigenvalue weighted by Gasteiger charge is 2.00. The molecule has 0 atom stereocenters. The number of nitrogens with one attached hydrogen (secondary N) is 1. The number of nitrogens with zero attached hydrogens (tertiary/aromatic N) is 2. The number of hydrogen-bond acceptors (Lipinski definition) is 2. The van der Waals surface area contributed by atoms with Crippen LogP contribution in [0.2, 0.25) is 0 Å². The summed E-state index contributed by atoms with van der Waals surface area (Å²) in [5.41, 5.74) is 0.516. The summed E-state index contributed by atoms with van der Waals surface area (Å²) < 4.78 is 13.4. The number of carbonyl (C=O) groups excluding carboxylic acids is 1. The van der Waals surface area contributed by atoms with E-state index in [1.54, 1.807) is 12.1 Å². The fourth-order valence-corrected chi connectivity index (χ4v) is 1.30. The number of benzene rings is 1. The Hall–Kier alpha value is -2.63. The first-order chi connectivity index (χ1) is 8.65. The molecule has 0 aliphatic heterocycles. The van der Waals surface area contributed by atoms with E-state index in [4.69, 9.17) is 0 Å². The van der Waals surface area contributed by atoms with Gasteiger partial charge in [-0.25, -0.2) is 9.18 Å². The third kappa shape index (κ3) is 2.94. The number of urea groups is 1. The zero-order valence-corrected chi connectivity index (χ0v) is 9.25. The number of halogens is 1. The van der Waals surface area contributed by atoms with Gasteiger partial charge in [0.2, 0.25) is 0 Å². The fraction of sp³-hybridized carbons (Fsp3) is 0. The SMILES string of the molecule is O=C(N=c1ccccn1O)Nc1ccc(F)cc1. The second-order valence-corrected chi connectivity index (χ2v) is 3.45. The van der Waals surface area contributed by atoms with Crippen molar-refractivity contribution in [2.45, 2.75) is 0 Å². The zero-order chi connectivity index (χ0) is 13.0. The van der Waals surface area contributed by atoms with Crippen LogP contribution < -0.4 is 10.8 Å². The smallest absolute Gasteiger partial charge is 0.347 e. The molecule has 2 N–H and O–H groups in total. The summed E-state index contributed by atoms with van der Waals surface area (Å²) in [5.74, 6) is -0.388. The first kappa shape index (κ1) is 11.8. The van der Waals surface area contributed by atoms with Crippen molar-refractivity contribution in [3.05, 3.63) is 60.0 Å². The Labute approximate surface area is 102 Å². The molecule has 0 bridgehead atoms. The van der Waals surface area contributed by atoms with Gasteiger partial charge in [-0.15, -0.1) is 0 Å². The van der Waals surface area contributed by atoms with Crippen LogP contribution >= 0.6 is 0 Å². The molecule has 5 nitrogen and oxygen atoms in total. The van der Waals surface area contributed by atoms with Gasteiger partial charge in [-0.1, -0.05) is 6.07 Å². The predicted octanol–water partition coefficient (Wildman–Crippen LogP) is 2.00. The molecular formula is C12H10FN3O2. The maximum absolute atomic E-state index is 12.7. The van der Waals surface area contributed by atoms with Gasteiger partial charge in [-0.3, -0.25) is 0 Å². The molecule has 0 fully saturated rings. The molecule has 2 aromatic rings. The molecule has 0 aliphatic rings. The molecule has 1 heterocycles. The molecule has 2 rings (SSSR count). The largest absolute Gasteiger partial charge is 0.427 e. The quantitative estimate of drug-likeness (QED) is 0.757. The molecule has 0 aliphatic carbocycles. The Bertz CT molecular complexity index is 620. The summed E-state index contributed by atoms with van der Waals surface area (Å²) in [6.45, 7) is 0. The van der Waals surface area contributed by atoms with E-state index in [0.717, 1.165) is 4.73 Å². The lowest BCUT2D eigenvalue weighted by atomic mass is 10.3. The number of pyridine rings is 1. The van der Waals surface area contributed by atoms with Crippen molar-refractivity contribution in [2.75, 3.05) is 5.32 Å². The van der Waals surface area contributed by atoms with Crippen LogP contribution in [0.5, 0.6) is 0 Å². The van der Waals surface area contributed by atoms with Gasteiger partial charge in [-0.2, -0.15) is 9.72 Å². The van der Waals surface area contributed by atoms with E-state index in [0.29, 0.717) is 5.69 Å². The molecule has 1 aromatic heterocycles. The molecule has 1 aromatic carbocycles. The standard InChI is InChI=1S/C12H10FN3O2/c13-9-4-6-10(7-5-9)14-12(17)15-11-3-1-2-8-16(11)18/h1-8,18H,(H,14,17). The topological polar surface area (TPSA) is 66.6 Å². The first-order valence-corrected chi connectivity index (χ1v) is 5.13. The number of rotatable bonds is 1. The molecule has 0 saturated heterocycles. The van der Waals surface area contributed by atoms with Gasteiger partial charge in [-0.05, 0) is 36.4 Å². The lowest BCUT2D eigenvalue weighted by Gasteiger charge is -2.01. The van der Waals surface area contributed by atoms with Crippen LogP contribution in [0.15, 0.2) is 53.7 Å². The van der Waals surface area contributed by atoms with Gasteiger partial charge >= 0.3 is 6.03 Å². The Balaban J connectivity index is 2.17. The number of amides is 2. The Morgan fingerprint density at radius 3 is 2.61 bits per heavy atom. The molecule has 0 radical (unpaired) electrons. The maximum atomic E-state index is 12.7. The second-order valence-electron chi connectivity index (χ2n) is 3.45. The van der Waals surface area contributed by atoms with Crippen LogP contribution in [-0.2, 0) is 0 Å². The highest BCUT2D eigenvalue weighted by atomic mass is 19.1. The molecule has 18 heavy (non-hydrogen) atoms. The van der Waals surface area contributed by atoms with E-state index in [1.165, 1.54) is 36.5 Å². The molecule has 0 spiro atoms. The summed E-state index contributed by atoms with van der Waals surface area (Å²) in [4.78, 5) is 15.2. The minimum atomic E-state index is -0.657. The van der Waals surface area contributed by atoms with Crippen molar-refractivity contribution in [1.82, 2.24) is 4.73 Å². The molecule has 0 saturated carbocycles. The van der Waals surface area contributed by atoms with Crippen molar-refractivity contribution in [2.24, 2.45) is 4.99 Å². The van der Waals surface area contributed by atoms with Gasteiger partial charge < -0.3 is 10.5 Å². The summed E-state index contributed by atoms with van der Waals surface area (Å²) >= 11 is 0. The van der Waals surface area contributed by atoms with Crippen LogP contribution in [-0.4, -0.2) is 16.0 Å². The number of carbonyl (C=O) groups is 1. The Morgan fingerprint density at radius 2 is 1.94 bits per heavy atom. The van der Waals surface area contributed by atoms with Crippen molar-refractivity contribution < 1.29 is 14.4 Å². The van der Waals surface area contributed by atoms with E-state index in [1.807, 2.05) is 0 Å². The molecule has 92 valence electrons. The van der Waals surface area contributed by atoms with Crippen LogP contribution in [0.25, 0.3) is 0 Å². The lowest BCUT2D eigenvalue weighted by molar-refractivity contribution is 0.171. The average Bonchev–Trinajstić information content (AvgIpc) is 2.35. The van der Waals surface area contributed by atoms with Crippen molar-refractivity contribution in [3.8, 4) is 0 Å². The van der Waals surface area contributed by atoms with E-state index in [9.17, 15) is 14.4 Å². The van der Waals surface area contributed by atoms with Gasteiger partial charge in [0.25, 0.3) is 0 Å². The second kappa shape index (κ2) is 5.13. The fourth-order valence-electron chi connectivity index (χ4n) is 1.30. The summed E-state index contributed by atoms with van der Waals surface area (Å²) in [6, 6.07) is 9.34. The van der Waals surface area contributed by atoms with Gasteiger partial charge in [0.05, 0.1) is 0 Å². The molecule has 6 heteroatoms. The Morgan fingerprint density at radius 1 is 1.22 bits per heavy atom. The summed E-state index contributed by atoms with van der Waals surface area (Å²) in [5, 5.41) is 11.8. The molecule has 2 amide bonds. The van der Waals surface area contributed by atoms with Gasteiger partial charge in [0.1, 0.15) is 5.82 Å². The average molecular weight is 247 g/mol. The van der Waals surface area contributed by atoms with Crippen LogP contribution in [0.1, 0.15) is 0 Å². The molecular weight excluding hydrogens is 237 g/mol. The minimum Gasteiger partial charge on any atom is -0.427 e. The number of anilines is 1. The zero-order valence-electron chi connectivity index (χ0n) is 9.25. The number of aromatic nitrogens is 1. The normalized spacial score (nSPS) is 11.3. The van der Waals surface area contributed by atoms with Crippen LogP contribution in [0.3, 0.4) is 0 Å². The monoisotopic (exact) mass is 247 g/mol. The lowest BCUT2D eigenvalue weighted by Crippen LogP contribution is -2.21. The van der Waals surface area contributed by atoms with Gasteiger partial charge in [0, 0.05) is 11.9 Å². The van der Waals surface area contributed by atoms with Crippen molar-refractivity contribution in [1.29, 1.82) is 0 Å². The van der Waals surface area contributed by atoms with Crippen molar-refractivity contribution in [3.63, 3.8) is 0 Å². The highest BCUT2D eigenvalue weighted by Crippen LogP contribution is 2.08. The Kier molecular flexibility index (Phi) is 3.38. The van der Waals surface area contributed by atoms with Crippen LogP contribution in [0, 0.1) is 5.82 Å².